The summed E-state index contributed by atoms with van der Waals surface area (Å²) in [4.78, 5) is 35.2. The van der Waals surface area contributed by atoms with Crippen molar-refractivity contribution in [2.75, 3.05) is 50.7 Å². The molecule has 0 unspecified atom stereocenters. The molecule has 28 heavy (non-hydrogen) atoms. The lowest BCUT2D eigenvalue weighted by molar-refractivity contribution is -0.137. The van der Waals surface area contributed by atoms with E-state index in [1.807, 2.05) is 36.1 Å². The third kappa shape index (κ3) is 3.76. The Balaban J connectivity index is 1.29. The maximum absolute atomic E-state index is 12.9. The summed E-state index contributed by atoms with van der Waals surface area (Å²) in [6, 6.07) is 8.35. The fourth-order valence-electron chi connectivity index (χ4n) is 3.96. The third-order valence-corrected chi connectivity index (χ3v) is 5.60. The number of piperazine rings is 1. The molecule has 4 rings (SSSR count). The Morgan fingerprint density at radius 2 is 1.75 bits per heavy atom. The van der Waals surface area contributed by atoms with Crippen LogP contribution in [0.5, 0.6) is 0 Å². The Kier molecular flexibility index (Phi) is 5.36. The molecule has 2 aliphatic rings. The van der Waals surface area contributed by atoms with Gasteiger partial charge in [0.1, 0.15) is 5.52 Å². The van der Waals surface area contributed by atoms with Crippen LogP contribution in [0.4, 0.5) is 10.8 Å². The lowest BCUT2D eigenvalue weighted by atomic mass is 9.95. The number of piperidine rings is 1. The summed E-state index contributed by atoms with van der Waals surface area (Å²) in [5.74, 6) is 0.254. The SMILES string of the molecule is CCNC(=O)N1CCN(C(=O)C2CCN(c3nc4ccccc4o3)CC2)CC1. The highest BCUT2D eigenvalue weighted by atomic mass is 16.4. The standard InChI is InChI=1S/C20H27N5O3/c1-2-21-19(27)24-13-11-23(12-14-24)18(26)15-7-9-25(10-8-15)20-22-16-5-3-4-6-17(16)28-20/h3-6,15H,2,7-14H2,1H3,(H,21,27). The molecular weight excluding hydrogens is 358 g/mol. The highest BCUT2D eigenvalue weighted by Gasteiger charge is 2.32. The van der Waals surface area contributed by atoms with E-state index < -0.39 is 0 Å². The van der Waals surface area contributed by atoms with Gasteiger partial charge in [-0.05, 0) is 31.9 Å². The lowest BCUT2D eigenvalue weighted by Gasteiger charge is -2.38. The summed E-state index contributed by atoms with van der Waals surface area (Å²) >= 11 is 0. The molecular formula is C20H27N5O3. The summed E-state index contributed by atoms with van der Waals surface area (Å²) in [5, 5.41) is 2.82. The number of benzene rings is 1. The van der Waals surface area contributed by atoms with Gasteiger partial charge in [-0.1, -0.05) is 12.1 Å². The van der Waals surface area contributed by atoms with Gasteiger partial charge in [0.25, 0.3) is 6.01 Å². The molecule has 3 amide bonds. The second-order valence-corrected chi connectivity index (χ2v) is 7.37. The molecule has 0 aliphatic carbocycles. The predicted octanol–water partition coefficient (Wildman–Crippen LogP) is 1.92. The van der Waals surface area contributed by atoms with Crippen molar-refractivity contribution in [1.82, 2.24) is 20.1 Å². The summed E-state index contributed by atoms with van der Waals surface area (Å²) in [7, 11) is 0. The number of carbonyl (C=O) groups is 2. The zero-order valence-electron chi connectivity index (χ0n) is 16.3. The van der Waals surface area contributed by atoms with Gasteiger partial charge in [0.05, 0.1) is 0 Å². The number of nitrogens with zero attached hydrogens (tertiary/aromatic N) is 4. The molecule has 150 valence electrons. The Hall–Kier alpha value is -2.77. The molecule has 1 aromatic heterocycles. The normalized spacial score (nSPS) is 18.5. The van der Waals surface area contributed by atoms with Gasteiger partial charge in [-0.15, -0.1) is 0 Å². The number of rotatable bonds is 3. The number of para-hydroxylation sites is 2. The van der Waals surface area contributed by atoms with Crippen LogP contribution in [0.1, 0.15) is 19.8 Å². The quantitative estimate of drug-likeness (QED) is 0.873. The number of carbonyl (C=O) groups excluding carboxylic acids is 2. The lowest BCUT2D eigenvalue weighted by Crippen LogP contribution is -2.54. The van der Waals surface area contributed by atoms with Gasteiger partial charge in [0.15, 0.2) is 5.58 Å². The van der Waals surface area contributed by atoms with E-state index in [2.05, 4.69) is 15.2 Å². The van der Waals surface area contributed by atoms with Crippen molar-refractivity contribution in [3.63, 3.8) is 0 Å². The summed E-state index contributed by atoms with van der Waals surface area (Å²) in [6.45, 7) is 6.48. The minimum atomic E-state index is -0.0405. The Labute approximate surface area is 164 Å². The fraction of sp³-hybridized carbons (Fsp3) is 0.550. The highest BCUT2D eigenvalue weighted by Crippen LogP contribution is 2.27. The molecule has 1 aromatic carbocycles. The van der Waals surface area contributed by atoms with Crippen LogP contribution in [-0.2, 0) is 4.79 Å². The van der Waals surface area contributed by atoms with Crippen LogP contribution >= 0.6 is 0 Å². The number of hydrogen-bond donors (Lipinski definition) is 1. The monoisotopic (exact) mass is 385 g/mol. The van der Waals surface area contributed by atoms with Crippen LogP contribution in [0.3, 0.4) is 0 Å². The third-order valence-electron chi connectivity index (χ3n) is 5.60. The smallest absolute Gasteiger partial charge is 0.317 e. The van der Waals surface area contributed by atoms with E-state index in [1.165, 1.54) is 0 Å². The van der Waals surface area contributed by atoms with Crippen LogP contribution in [0, 0.1) is 5.92 Å². The maximum atomic E-state index is 12.9. The number of amides is 3. The summed E-state index contributed by atoms with van der Waals surface area (Å²) in [6.07, 6.45) is 1.60. The van der Waals surface area contributed by atoms with Crippen molar-refractivity contribution >= 4 is 29.1 Å². The van der Waals surface area contributed by atoms with Crippen molar-refractivity contribution in [3.05, 3.63) is 24.3 Å². The zero-order valence-corrected chi connectivity index (χ0v) is 16.3. The molecule has 2 saturated heterocycles. The number of fused-ring (bicyclic) bond motifs is 1. The van der Waals surface area contributed by atoms with Crippen molar-refractivity contribution in [2.45, 2.75) is 19.8 Å². The van der Waals surface area contributed by atoms with Gasteiger partial charge >= 0.3 is 6.03 Å². The van der Waals surface area contributed by atoms with Crippen LogP contribution in [0.25, 0.3) is 11.1 Å². The van der Waals surface area contributed by atoms with Gasteiger partial charge < -0.3 is 24.4 Å². The average molecular weight is 385 g/mol. The topological polar surface area (TPSA) is 81.9 Å². The van der Waals surface area contributed by atoms with Crippen molar-refractivity contribution in [1.29, 1.82) is 0 Å². The largest absolute Gasteiger partial charge is 0.423 e. The molecule has 3 heterocycles. The molecule has 0 saturated carbocycles. The summed E-state index contributed by atoms with van der Waals surface area (Å²) < 4.78 is 5.85. The molecule has 2 aliphatic heterocycles. The van der Waals surface area contributed by atoms with E-state index in [0.717, 1.165) is 37.0 Å². The minimum Gasteiger partial charge on any atom is -0.423 e. The maximum Gasteiger partial charge on any atom is 0.317 e. The first-order valence-electron chi connectivity index (χ1n) is 10.1. The van der Waals surface area contributed by atoms with E-state index in [1.54, 1.807) is 4.90 Å². The Morgan fingerprint density at radius 3 is 2.43 bits per heavy atom. The number of oxazole rings is 1. The molecule has 0 spiro atoms. The second-order valence-electron chi connectivity index (χ2n) is 7.37. The van der Waals surface area contributed by atoms with Crippen LogP contribution < -0.4 is 10.2 Å². The van der Waals surface area contributed by atoms with Crippen LogP contribution in [0.15, 0.2) is 28.7 Å². The van der Waals surface area contributed by atoms with E-state index in [4.69, 9.17) is 4.42 Å². The predicted molar refractivity (Wildman–Crippen MR) is 106 cm³/mol. The molecule has 8 nitrogen and oxygen atoms in total. The Morgan fingerprint density at radius 1 is 1.07 bits per heavy atom. The van der Waals surface area contributed by atoms with Crippen LogP contribution in [0.2, 0.25) is 0 Å². The highest BCUT2D eigenvalue weighted by molar-refractivity contribution is 5.80. The second kappa shape index (κ2) is 8.08. The molecule has 0 bridgehead atoms. The Bertz CT molecular complexity index is 802. The first-order valence-corrected chi connectivity index (χ1v) is 10.1. The van der Waals surface area contributed by atoms with Gasteiger partial charge in [-0.3, -0.25) is 4.79 Å². The first kappa shape index (κ1) is 18.6. The number of anilines is 1. The van der Waals surface area contributed by atoms with Gasteiger partial charge in [0.2, 0.25) is 5.91 Å². The molecule has 0 atom stereocenters. The van der Waals surface area contributed by atoms with E-state index in [-0.39, 0.29) is 17.9 Å². The van der Waals surface area contributed by atoms with Gasteiger partial charge in [0, 0.05) is 51.7 Å². The zero-order chi connectivity index (χ0) is 19.5. The number of nitrogens with one attached hydrogen (secondary N) is 1. The van der Waals surface area contributed by atoms with Gasteiger partial charge in [-0.2, -0.15) is 4.98 Å². The fourth-order valence-corrected chi connectivity index (χ4v) is 3.96. The van der Waals surface area contributed by atoms with E-state index in [9.17, 15) is 9.59 Å². The first-order chi connectivity index (χ1) is 13.7. The summed E-state index contributed by atoms with van der Waals surface area (Å²) in [5.41, 5.74) is 1.65. The van der Waals surface area contributed by atoms with E-state index in [0.29, 0.717) is 38.7 Å². The van der Waals surface area contributed by atoms with Crippen molar-refractivity contribution in [3.8, 4) is 0 Å². The molecule has 0 radical (unpaired) electrons. The molecule has 2 fully saturated rings. The number of hydrogen-bond acceptors (Lipinski definition) is 5. The van der Waals surface area contributed by atoms with Crippen LogP contribution in [-0.4, -0.2) is 72.5 Å². The van der Waals surface area contributed by atoms with Gasteiger partial charge in [-0.25, -0.2) is 4.79 Å². The minimum absolute atomic E-state index is 0.0386. The number of aromatic nitrogens is 1. The number of urea groups is 1. The molecule has 1 N–H and O–H groups in total. The molecule has 8 heteroatoms. The average Bonchev–Trinajstić information content (AvgIpc) is 3.18. The van der Waals surface area contributed by atoms with E-state index >= 15 is 0 Å². The van der Waals surface area contributed by atoms with Crippen molar-refractivity contribution < 1.29 is 14.0 Å². The van der Waals surface area contributed by atoms with Crippen molar-refractivity contribution in [2.24, 2.45) is 5.92 Å². The molecule has 2 aromatic rings.